The zero-order valence-electron chi connectivity index (χ0n) is 16.9. The van der Waals surface area contributed by atoms with Crippen molar-refractivity contribution in [2.24, 2.45) is 0 Å². The number of piperidine rings is 1. The summed E-state index contributed by atoms with van der Waals surface area (Å²) in [6.07, 6.45) is 4.39. The molecule has 5 rings (SSSR count). The van der Waals surface area contributed by atoms with Gasteiger partial charge in [0.2, 0.25) is 5.91 Å². The number of aryl methyl sites for hydroxylation is 1. The van der Waals surface area contributed by atoms with E-state index < -0.39 is 5.60 Å². The van der Waals surface area contributed by atoms with E-state index in [1.54, 1.807) is 6.92 Å². The molecule has 3 aromatic rings. The van der Waals surface area contributed by atoms with Gasteiger partial charge in [-0.3, -0.25) is 4.79 Å². The fourth-order valence-electron chi connectivity index (χ4n) is 4.30. The van der Waals surface area contributed by atoms with Crippen molar-refractivity contribution in [1.82, 2.24) is 25.2 Å². The maximum atomic E-state index is 12.7. The first-order chi connectivity index (χ1) is 14.6. The lowest BCUT2D eigenvalue weighted by Crippen LogP contribution is -2.49. The predicted octanol–water partition coefficient (Wildman–Crippen LogP) is 2.47. The first kappa shape index (κ1) is 18.9. The number of ether oxygens (including phenoxy) is 1. The van der Waals surface area contributed by atoms with Gasteiger partial charge in [0, 0.05) is 24.8 Å². The van der Waals surface area contributed by atoms with Gasteiger partial charge >= 0.3 is 0 Å². The Balaban J connectivity index is 1.36. The molecule has 0 N–H and O–H groups in total. The van der Waals surface area contributed by atoms with Gasteiger partial charge in [-0.15, -0.1) is 0 Å². The van der Waals surface area contributed by atoms with E-state index in [1.165, 1.54) is 0 Å². The minimum Gasteiger partial charge on any atom is -0.368 e. The van der Waals surface area contributed by atoms with Crippen molar-refractivity contribution in [2.75, 3.05) is 19.7 Å². The number of carbonyl (C=O) groups excluding carboxylic acids is 1. The number of hydrogen-bond donors (Lipinski definition) is 0. The largest absolute Gasteiger partial charge is 0.368 e. The van der Waals surface area contributed by atoms with Crippen molar-refractivity contribution in [3.63, 3.8) is 0 Å². The van der Waals surface area contributed by atoms with E-state index in [4.69, 9.17) is 14.3 Å². The van der Waals surface area contributed by atoms with Gasteiger partial charge in [0.15, 0.2) is 5.82 Å². The lowest BCUT2D eigenvalue weighted by Gasteiger charge is -2.44. The number of carbonyl (C=O) groups is 1. The third kappa shape index (κ3) is 3.37. The van der Waals surface area contributed by atoms with Crippen molar-refractivity contribution in [3.8, 4) is 11.4 Å². The van der Waals surface area contributed by atoms with Crippen LogP contribution < -0.4 is 0 Å². The van der Waals surface area contributed by atoms with Crippen molar-refractivity contribution in [1.29, 1.82) is 0 Å². The molecule has 8 heteroatoms. The van der Waals surface area contributed by atoms with E-state index >= 15 is 0 Å². The summed E-state index contributed by atoms with van der Waals surface area (Å²) in [6, 6.07) is 9.98. The number of aromatic nitrogens is 4. The maximum Gasteiger partial charge on any atom is 0.228 e. The zero-order chi connectivity index (χ0) is 20.6. The topological polar surface area (TPSA) is 94.2 Å². The van der Waals surface area contributed by atoms with Crippen LogP contribution in [0.4, 0.5) is 0 Å². The molecule has 8 nitrogen and oxygen atoms in total. The van der Waals surface area contributed by atoms with E-state index in [-0.39, 0.29) is 12.3 Å². The molecule has 30 heavy (non-hydrogen) atoms. The molecule has 1 spiro atoms. The Morgan fingerprint density at radius 2 is 1.97 bits per heavy atom. The number of hydrogen-bond acceptors (Lipinski definition) is 7. The van der Waals surface area contributed by atoms with Gasteiger partial charge < -0.3 is 9.64 Å². The molecule has 154 valence electrons. The minimum absolute atomic E-state index is 0.0346. The Hall–Kier alpha value is -3.13. The molecule has 2 aromatic heterocycles. The predicted molar refractivity (Wildman–Crippen MR) is 107 cm³/mol. The van der Waals surface area contributed by atoms with Crippen molar-refractivity contribution in [3.05, 3.63) is 59.2 Å². The summed E-state index contributed by atoms with van der Waals surface area (Å²) in [5.74, 6) is 0.749. The summed E-state index contributed by atoms with van der Waals surface area (Å²) < 4.78 is 11.0. The summed E-state index contributed by atoms with van der Waals surface area (Å²) in [5.41, 5.74) is 3.91. The molecule has 0 saturated carbocycles. The number of fused-ring (bicyclic) bond motifs is 2. The number of nitrogens with zero attached hydrogens (tertiary/aromatic N) is 5. The molecule has 0 unspecified atom stereocenters. The van der Waals surface area contributed by atoms with Gasteiger partial charge in [0.25, 0.3) is 0 Å². The van der Waals surface area contributed by atoms with E-state index in [1.807, 2.05) is 41.4 Å². The quantitative estimate of drug-likeness (QED) is 0.661. The fraction of sp³-hybridized carbons (Fsp3) is 0.409. The molecule has 2 aliphatic heterocycles. The average Bonchev–Trinajstić information content (AvgIpc) is 3.19. The molecule has 0 bridgehead atoms. The monoisotopic (exact) mass is 405 g/mol. The molecule has 2 aliphatic rings. The van der Waals surface area contributed by atoms with Crippen LogP contribution in [0.3, 0.4) is 0 Å². The van der Waals surface area contributed by atoms with Crippen LogP contribution in [0.5, 0.6) is 0 Å². The number of benzene rings is 1. The van der Waals surface area contributed by atoms with E-state index in [0.29, 0.717) is 49.8 Å². The summed E-state index contributed by atoms with van der Waals surface area (Å²) in [7, 11) is 0. The molecular weight excluding hydrogens is 382 g/mol. The van der Waals surface area contributed by atoms with Gasteiger partial charge in [-0.25, -0.2) is 14.6 Å². The molecule has 0 aliphatic carbocycles. The number of amides is 1. The number of likely N-dealkylation sites (tertiary alicyclic amines) is 1. The Bertz CT molecular complexity index is 1060. The average molecular weight is 405 g/mol. The van der Waals surface area contributed by atoms with Crippen LogP contribution in [0.2, 0.25) is 0 Å². The van der Waals surface area contributed by atoms with Crippen LogP contribution in [0, 0.1) is 6.92 Å². The highest BCUT2D eigenvalue weighted by molar-refractivity contribution is 5.78. The highest BCUT2D eigenvalue weighted by Gasteiger charge is 2.43. The second-order valence-electron chi connectivity index (χ2n) is 7.88. The van der Waals surface area contributed by atoms with Crippen LogP contribution in [-0.2, 0) is 28.0 Å². The van der Waals surface area contributed by atoms with E-state index in [0.717, 1.165) is 23.2 Å². The minimum atomic E-state index is -0.456. The second-order valence-corrected chi connectivity index (χ2v) is 7.88. The first-order valence-electron chi connectivity index (χ1n) is 10.3. The van der Waals surface area contributed by atoms with Gasteiger partial charge in [0.05, 0.1) is 18.7 Å². The third-order valence-corrected chi connectivity index (χ3v) is 6.07. The Kier molecular flexibility index (Phi) is 4.78. The highest BCUT2D eigenvalue weighted by atomic mass is 16.6. The smallest absolute Gasteiger partial charge is 0.228 e. The Labute approximate surface area is 174 Å². The van der Waals surface area contributed by atoms with Crippen LogP contribution in [0.25, 0.3) is 11.4 Å². The summed E-state index contributed by atoms with van der Waals surface area (Å²) in [6.45, 7) is 3.68. The van der Waals surface area contributed by atoms with Crippen molar-refractivity contribution in [2.45, 2.75) is 38.2 Å². The van der Waals surface area contributed by atoms with Crippen molar-refractivity contribution >= 4 is 5.91 Å². The van der Waals surface area contributed by atoms with Crippen molar-refractivity contribution < 1.29 is 14.2 Å². The molecule has 1 amide bonds. The lowest BCUT2D eigenvalue weighted by molar-refractivity contribution is -0.140. The van der Waals surface area contributed by atoms with E-state index in [9.17, 15) is 4.79 Å². The van der Waals surface area contributed by atoms with Crippen LogP contribution in [0.1, 0.15) is 35.5 Å². The van der Waals surface area contributed by atoms with Gasteiger partial charge in [-0.2, -0.15) is 0 Å². The van der Waals surface area contributed by atoms with Gasteiger partial charge in [0.1, 0.15) is 17.0 Å². The summed E-state index contributed by atoms with van der Waals surface area (Å²) in [5, 5.41) is 7.58. The normalized spacial score (nSPS) is 17.7. The molecular formula is C22H23N5O3. The molecule has 0 atom stereocenters. The number of rotatable bonds is 3. The fourth-order valence-corrected chi connectivity index (χ4v) is 4.30. The highest BCUT2D eigenvalue weighted by Crippen LogP contribution is 2.41. The van der Waals surface area contributed by atoms with Gasteiger partial charge in [-0.05, 0) is 31.7 Å². The summed E-state index contributed by atoms with van der Waals surface area (Å²) in [4.78, 5) is 24.1. The zero-order valence-corrected chi connectivity index (χ0v) is 16.9. The third-order valence-electron chi connectivity index (χ3n) is 6.07. The first-order valence-corrected chi connectivity index (χ1v) is 10.3. The standard InChI is InChI=1S/C22H23N5O3/c1-15-18(26-30-25-15)13-19(28)27-10-8-22(9-11-27)20-17(7-12-29-22)14-23-21(24-20)16-5-3-2-4-6-16/h2-6,14H,7-13H2,1H3. The van der Waals surface area contributed by atoms with Crippen LogP contribution in [0.15, 0.2) is 41.2 Å². The lowest BCUT2D eigenvalue weighted by atomic mass is 9.83. The Morgan fingerprint density at radius 1 is 1.17 bits per heavy atom. The molecule has 1 aromatic carbocycles. The Morgan fingerprint density at radius 3 is 2.70 bits per heavy atom. The van der Waals surface area contributed by atoms with Gasteiger partial charge in [-0.1, -0.05) is 40.6 Å². The van der Waals surface area contributed by atoms with E-state index in [2.05, 4.69) is 15.3 Å². The molecule has 4 heterocycles. The SMILES string of the molecule is Cc1nonc1CC(=O)N1CCC2(CC1)OCCc1cnc(-c3ccccc3)nc12. The van der Waals surface area contributed by atoms with Crippen LogP contribution in [-0.4, -0.2) is 50.8 Å². The molecule has 0 radical (unpaired) electrons. The summed E-state index contributed by atoms with van der Waals surface area (Å²) >= 11 is 0. The second kappa shape index (κ2) is 7.60. The van der Waals surface area contributed by atoms with Crippen LogP contribution >= 0.6 is 0 Å². The maximum absolute atomic E-state index is 12.7. The molecule has 1 fully saturated rings. The molecule has 1 saturated heterocycles.